The molecule has 0 radical (unpaired) electrons. The van der Waals surface area contributed by atoms with Crippen LogP contribution in [0.1, 0.15) is 5.56 Å². The van der Waals surface area contributed by atoms with Gasteiger partial charge in [-0.15, -0.1) is 0 Å². The third-order valence-electron chi connectivity index (χ3n) is 1.16. The topological polar surface area (TPSA) is 50.1 Å². The minimum atomic E-state index is 0. The van der Waals surface area contributed by atoms with Gasteiger partial charge in [-0.25, -0.2) is 0 Å². The smallest absolute Gasteiger partial charge is 0.463 e. The van der Waals surface area contributed by atoms with E-state index in [0.717, 1.165) is 5.56 Å². The van der Waals surface area contributed by atoms with Crippen molar-refractivity contribution in [1.29, 1.82) is 5.26 Å². The fourth-order valence-electron chi connectivity index (χ4n) is 0.704. The molecule has 0 atom stereocenters. The molecule has 68 valence electrons. The first-order chi connectivity index (χ1) is 6.35. The molecule has 1 aromatic rings. The van der Waals surface area contributed by atoms with E-state index >= 15 is 0 Å². The van der Waals surface area contributed by atoms with E-state index in [9.17, 15) is 4.79 Å². The van der Waals surface area contributed by atoms with Crippen LogP contribution in [0.3, 0.4) is 0 Å². The Morgan fingerprint density at radius 1 is 1.43 bits per heavy atom. The number of nitriles is 1. The van der Waals surface area contributed by atoms with Crippen LogP contribution in [0.4, 0.5) is 0 Å². The zero-order chi connectivity index (χ0) is 9.94. The molecule has 3 nitrogen and oxygen atoms in total. The quantitative estimate of drug-likeness (QED) is 0.390. The SMILES string of the molecule is O=COCc1ccccc1.[BH3-]C#N.[Na+]. The Balaban J connectivity index is 0. The zero-order valence-electron chi connectivity index (χ0n) is 7.43. The predicted octanol–water partition coefficient (Wildman–Crippen LogP) is -2.80. The van der Waals surface area contributed by atoms with Crippen molar-refractivity contribution in [2.24, 2.45) is 0 Å². The molecule has 0 saturated heterocycles. The van der Waals surface area contributed by atoms with Crippen LogP contribution in [-0.2, 0) is 16.1 Å². The van der Waals surface area contributed by atoms with E-state index in [4.69, 9.17) is 5.26 Å². The molecular formula is C9H11BNNaO2. The van der Waals surface area contributed by atoms with Crippen molar-refractivity contribution >= 4 is 14.3 Å². The fourth-order valence-corrected chi connectivity index (χ4v) is 0.704. The molecule has 0 fully saturated rings. The van der Waals surface area contributed by atoms with Crippen molar-refractivity contribution < 1.29 is 39.1 Å². The number of nitrogens with zero attached hydrogens (tertiary/aromatic N) is 1. The van der Waals surface area contributed by atoms with Gasteiger partial charge in [0.1, 0.15) is 6.61 Å². The molecule has 0 aliphatic rings. The summed E-state index contributed by atoms with van der Waals surface area (Å²) in [7, 11) is 0.0694. The summed E-state index contributed by atoms with van der Waals surface area (Å²) < 4.78 is 4.54. The average Bonchev–Trinajstić information content (AvgIpc) is 2.18. The molecule has 0 heterocycles. The summed E-state index contributed by atoms with van der Waals surface area (Å²) in [5, 5.41) is 7.43. The standard InChI is InChI=1S/C8H8O2.CH3BN.Na/c9-7-10-6-8-4-2-1-3-5-8;2-1-3;/h1-5,7H,6H2;2H3;/q;-1;+1. The molecule has 0 aromatic heterocycles. The van der Waals surface area contributed by atoms with Gasteiger partial charge in [0.05, 0.1) is 7.85 Å². The monoisotopic (exact) mass is 199 g/mol. The Bertz CT molecular complexity index is 274. The third-order valence-corrected chi connectivity index (χ3v) is 1.16. The van der Waals surface area contributed by atoms with Crippen LogP contribution in [0.5, 0.6) is 0 Å². The van der Waals surface area contributed by atoms with Crippen LogP contribution in [0, 0.1) is 11.2 Å². The minimum absolute atomic E-state index is 0. The normalized spacial score (nSPS) is 6.86. The Kier molecular flexibility index (Phi) is 13.7. The maximum absolute atomic E-state index is 9.76. The first kappa shape index (κ1) is 15.7. The molecule has 0 saturated carbocycles. The number of carbonyl (C=O) groups is 1. The van der Waals surface area contributed by atoms with Gasteiger partial charge in [-0.05, 0) is 5.56 Å². The molecule has 0 amide bonds. The minimum Gasteiger partial charge on any atom is -0.463 e. The van der Waals surface area contributed by atoms with Gasteiger partial charge in [-0.3, -0.25) is 10.1 Å². The maximum atomic E-state index is 9.76. The van der Waals surface area contributed by atoms with Crippen molar-refractivity contribution in [2.75, 3.05) is 0 Å². The second kappa shape index (κ2) is 12.2. The first-order valence-corrected chi connectivity index (χ1v) is 3.25. The summed E-state index contributed by atoms with van der Waals surface area (Å²) in [5.41, 5.74) is 1.01. The van der Waals surface area contributed by atoms with Crippen LogP contribution in [-0.4, -0.2) is 14.3 Å². The second-order valence-corrected chi connectivity index (χ2v) is 1.89. The van der Waals surface area contributed by atoms with Crippen LogP contribution in [0.25, 0.3) is 0 Å². The summed E-state index contributed by atoms with van der Waals surface area (Å²) in [6.45, 7) is 0.817. The third kappa shape index (κ3) is 9.33. The maximum Gasteiger partial charge on any atom is 1.00 e. The van der Waals surface area contributed by atoms with Crippen molar-refractivity contribution in [3.05, 3.63) is 35.9 Å². The fraction of sp³-hybridized carbons (Fsp3) is 0.111. The molecule has 14 heavy (non-hydrogen) atoms. The summed E-state index contributed by atoms with van der Waals surface area (Å²) in [6, 6.07) is 9.55. The largest absolute Gasteiger partial charge is 1.00 e. The van der Waals surface area contributed by atoms with E-state index in [1.165, 1.54) is 0 Å². The molecular weight excluding hydrogens is 188 g/mol. The average molecular weight is 199 g/mol. The number of ether oxygens (including phenoxy) is 1. The summed E-state index contributed by atoms with van der Waals surface area (Å²) in [4.78, 5) is 9.76. The van der Waals surface area contributed by atoms with Gasteiger partial charge in [-0.1, -0.05) is 30.3 Å². The Morgan fingerprint density at radius 3 is 2.36 bits per heavy atom. The van der Waals surface area contributed by atoms with Crippen LogP contribution in [0.2, 0.25) is 0 Å². The van der Waals surface area contributed by atoms with Gasteiger partial charge in [0.2, 0.25) is 0 Å². The molecule has 1 rings (SSSR count). The van der Waals surface area contributed by atoms with Crippen molar-refractivity contribution in [3.8, 4) is 5.97 Å². The van der Waals surface area contributed by atoms with Gasteiger partial charge in [0.25, 0.3) is 6.47 Å². The van der Waals surface area contributed by atoms with Crippen molar-refractivity contribution in [2.45, 2.75) is 6.61 Å². The van der Waals surface area contributed by atoms with Crippen molar-refractivity contribution in [1.82, 2.24) is 0 Å². The number of benzene rings is 1. The predicted molar refractivity (Wildman–Crippen MR) is 52.8 cm³/mol. The van der Waals surface area contributed by atoms with Gasteiger partial charge in [0, 0.05) is 0 Å². The molecule has 0 aliphatic carbocycles. The number of hydrogen-bond acceptors (Lipinski definition) is 3. The van der Waals surface area contributed by atoms with Gasteiger partial charge in [0.15, 0.2) is 0 Å². The van der Waals surface area contributed by atoms with Crippen LogP contribution < -0.4 is 29.6 Å². The molecule has 0 spiro atoms. The van der Waals surface area contributed by atoms with Crippen molar-refractivity contribution in [3.63, 3.8) is 0 Å². The Morgan fingerprint density at radius 2 is 1.93 bits per heavy atom. The van der Waals surface area contributed by atoms with Gasteiger partial charge >= 0.3 is 29.6 Å². The van der Waals surface area contributed by atoms with E-state index in [0.29, 0.717) is 13.1 Å². The van der Waals surface area contributed by atoms with Gasteiger partial charge < -0.3 is 4.74 Å². The zero-order valence-corrected chi connectivity index (χ0v) is 9.43. The summed E-state index contributed by atoms with van der Waals surface area (Å²) in [6.07, 6.45) is 0. The van der Waals surface area contributed by atoms with Gasteiger partial charge in [-0.2, -0.15) is 5.97 Å². The van der Waals surface area contributed by atoms with Crippen LogP contribution in [0.15, 0.2) is 30.3 Å². The number of hydrogen-bond donors (Lipinski definition) is 0. The van der Waals surface area contributed by atoms with E-state index in [1.807, 2.05) is 36.3 Å². The second-order valence-electron chi connectivity index (χ2n) is 1.89. The Labute approximate surface area is 107 Å². The number of carbonyl (C=O) groups excluding carboxylic acids is 1. The molecule has 0 N–H and O–H groups in total. The summed E-state index contributed by atoms with van der Waals surface area (Å²) in [5.74, 6) is 2.00. The molecule has 0 aliphatic heterocycles. The van der Waals surface area contributed by atoms with E-state index in [1.54, 1.807) is 0 Å². The first-order valence-electron chi connectivity index (χ1n) is 3.25. The molecule has 0 unspecified atom stereocenters. The molecule has 0 bridgehead atoms. The molecule has 1 aromatic carbocycles. The Hall–Kier alpha value is -0.755. The summed E-state index contributed by atoms with van der Waals surface area (Å²) >= 11 is 0. The van der Waals surface area contributed by atoms with E-state index in [-0.39, 0.29) is 37.4 Å². The number of rotatable bonds is 3. The van der Waals surface area contributed by atoms with E-state index in [2.05, 4.69) is 4.74 Å². The van der Waals surface area contributed by atoms with Crippen LogP contribution >= 0.6 is 0 Å². The molecule has 5 heteroatoms. The van der Waals surface area contributed by atoms with E-state index < -0.39 is 0 Å².